The van der Waals surface area contributed by atoms with Crippen LogP contribution < -0.4 is 11.1 Å². The Hall–Kier alpha value is -2.20. The van der Waals surface area contributed by atoms with Crippen LogP contribution in [0.25, 0.3) is 0 Å². The van der Waals surface area contributed by atoms with E-state index < -0.39 is 0 Å². The lowest BCUT2D eigenvalue weighted by molar-refractivity contribution is 0.102. The van der Waals surface area contributed by atoms with Crippen LogP contribution in [0, 0.1) is 0 Å². The van der Waals surface area contributed by atoms with Crippen LogP contribution in [0.4, 0.5) is 5.69 Å². The van der Waals surface area contributed by atoms with Crippen LogP contribution in [-0.4, -0.2) is 10.9 Å². The fraction of sp³-hybridized carbons (Fsp3) is 0.125. The monoisotopic (exact) mass is 284 g/mol. The molecule has 0 bridgehead atoms. The van der Waals surface area contributed by atoms with E-state index in [-0.39, 0.29) is 10.9 Å². The van der Waals surface area contributed by atoms with Crippen molar-refractivity contribution in [1.29, 1.82) is 0 Å². The molecule has 20 heavy (non-hydrogen) atoms. The van der Waals surface area contributed by atoms with E-state index in [1.54, 1.807) is 12.1 Å². The Balaban J connectivity index is 2.21. The number of anilines is 1. The quantitative estimate of drug-likeness (QED) is 0.848. The van der Waals surface area contributed by atoms with Crippen molar-refractivity contribution in [2.75, 3.05) is 5.32 Å². The van der Waals surface area contributed by atoms with Gasteiger partial charge in [0.05, 0.1) is 5.69 Å². The molecule has 2 aromatic rings. The van der Waals surface area contributed by atoms with Gasteiger partial charge in [0.25, 0.3) is 5.91 Å². The Morgan fingerprint density at radius 1 is 1.15 bits per heavy atom. The fourth-order valence-electron chi connectivity index (χ4n) is 1.89. The van der Waals surface area contributed by atoms with Gasteiger partial charge >= 0.3 is 0 Å². The van der Waals surface area contributed by atoms with Crippen LogP contribution in [-0.2, 0) is 6.42 Å². The molecule has 0 fully saturated rings. The summed E-state index contributed by atoms with van der Waals surface area (Å²) in [7, 11) is 0. The van der Waals surface area contributed by atoms with Crippen molar-refractivity contribution in [1.82, 2.24) is 0 Å². The highest BCUT2D eigenvalue weighted by Crippen LogP contribution is 2.16. The van der Waals surface area contributed by atoms with E-state index in [9.17, 15) is 4.79 Å². The minimum absolute atomic E-state index is 0.170. The smallest absolute Gasteiger partial charge is 0.255 e. The number of amides is 1. The third-order valence-corrected chi connectivity index (χ3v) is 3.29. The number of rotatable bonds is 4. The van der Waals surface area contributed by atoms with E-state index in [4.69, 9.17) is 18.0 Å². The lowest BCUT2D eigenvalue weighted by Crippen LogP contribution is -2.17. The van der Waals surface area contributed by atoms with Gasteiger partial charge in [-0.15, -0.1) is 0 Å². The Labute approximate surface area is 123 Å². The number of carbonyl (C=O) groups is 1. The van der Waals surface area contributed by atoms with Crippen LogP contribution in [0.3, 0.4) is 0 Å². The molecule has 0 unspecified atom stereocenters. The summed E-state index contributed by atoms with van der Waals surface area (Å²) in [6.07, 6.45) is 0.951. The molecule has 2 rings (SSSR count). The first-order valence-electron chi connectivity index (χ1n) is 6.41. The molecule has 3 nitrogen and oxygen atoms in total. The van der Waals surface area contributed by atoms with Crippen molar-refractivity contribution in [2.24, 2.45) is 5.73 Å². The van der Waals surface area contributed by atoms with Gasteiger partial charge in [0.15, 0.2) is 0 Å². The van der Waals surface area contributed by atoms with Gasteiger partial charge in [-0.05, 0) is 36.2 Å². The average molecular weight is 284 g/mol. The number of hydrogen-bond donors (Lipinski definition) is 2. The molecular formula is C16H16N2OS. The molecule has 0 aliphatic heterocycles. The average Bonchev–Trinajstić information content (AvgIpc) is 2.47. The van der Waals surface area contributed by atoms with Crippen molar-refractivity contribution < 1.29 is 4.79 Å². The summed E-state index contributed by atoms with van der Waals surface area (Å²) in [6, 6.07) is 14.8. The van der Waals surface area contributed by atoms with E-state index >= 15 is 0 Å². The highest BCUT2D eigenvalue weighted by molar-refractivity contribution is 7.80. The summed E-state index contributed by atoms with van der Waals surface area (Å²) in [5.41, 5.74) is 8.75. The first kappa shape index (κ1) is 14.2. The lowest BCUT2D eigenvalue weighted by Gasteiger charge is -2.10. The second-order valence-electron chi connectivity index (χ2n) is 4.41. The van der Waals surface area contributed by atoms with E-state index in [1.165, 1.54) is 5.56 Å². The number of carbonyl (C=O) groups excluding carboxylic acids is 1. The molecule has 2 aromatic carbocycles. The largest absolute Gasteiger partial charge is 0.389 e. The van der Waals surface area contributed by atoms with Crippen molar-refractivity contribution in [3.8, 4) is 0 Å². The molecule has 3 N–H and O–H groups in total. The number of benzene rings is 2. The van der Waals surface area contributed by atoms with E-state index in [0.29, 0.717) is 16.8 Å². The number of nitrogens with one attached hydrogen (secondary N) is 1. The van der Waals surface area contributed by atoms with Gasteiger partial charge in [0, 0.05) is 11.1 Å². The highest BCUT2D eigenvalue weighted by atomic mass is 32.1. The van der Waals surface area contributed by atoms with E-state index in [2.05, 4.69) is 12.2 Å². The number of hydrogen-bond acceptors (Lipinski definition) is 2. The topological polar surface area (TPSA) is 55.1 Å². The van der Waals surface area contributed by atoms with E-state index in [0.717, 1.165) is 6.42 Å². The normalized spacial score (nSPS) is 10.1. The number of para-hydroxylation sites is 1. The van der Waals surface area contributed by atoms with Crippen molar-refractivity contribution in [3.63, 3.8) is 0 Å². The molecule has 0 radical (unpaired) electrons. The Morgan fingerprint density at radius 3 is 2.40 bits per heavy atom. The fourth-order valence-corrected chi connectivity index (χ4v) is 2.07. The number of nitrogens with two attached hydrogens (primary N) is 1. The summed E-state index contributed by atoms with van der Waals surface area (Å²) in [5.74, 6) is -0.170. The molecule has 0 saturated carbocycles. The number of thiocarbonyl (C=S) groups is 1. The summed E-state index contributed by atoms with van der Waals surface area (Å²) in [4.78, 5) is 12.5. The van der Waals surface area contributed by atoms with Crippen LogP contribution in [0.1, 0.15) is 28.4 Å². The zero-order valence-corrected chi connectivity index (χ0v) is 12.0. The summed E-state index contributed by atoms with van der Waals surface area (Å²) >= 11 is 4.98. The Bertz CT molecular complexity index is 635. The first-order valence-corrected chi connectivity index (χ1v) is 6.81. The van der Waals surface area contributed by atoms with E-state index in [1.807, 2.05) is 36.4 Å². The van der Waals surface area contributed by atoms with Gasteiger partial charge in [-0.2, -0.15) is 0 Å². The van der Waals surface area contributed by atoms with Gasteiger partial charge < -0.3 is 11.1 Å². The van der Waals surface area contributed by atoms with Gasteiger partial charge in [-0.3, -0.25) is 4.79 Å². The van der Waals surface area contributed by atoms with Gasteiger partial charge in [0.2, 0.25) is 0 Å². The maximum atomic E-state index is 12.2. The van der Waals surface area contributed by atoms with Gasteiger partial charge in [-0.25, -0.2) is 0 Å². The standard InChI is InChI=1S/C16H16N2OS/c1-2-11-7-9-12(10-8-11)16(19)18-14-6-4-3-5-13(14)15(17)20/h3-10H,2H2,1H3,(H2,17,20)(H,18,19). The predicted octanol–water partition coefficient (Wildman–Crippen LogP) is 3.14. The molecule has 102 valence electrons. The zero-order valence-electron chi connectivity index (χ0n) is 11.2. The van der Waals surface area contributed by atoms with Crippen LogP contribution in [0.15, 0.2) is 48.5 Å². The first-order chi connectivity index (χ1) is 9.61. The van der Waals surface area contributed by atoms with Crippen LogP contribution in [0.5, 0.6) is 0 Å². The molecule has 0 heterocycles. The van der Waals surface area contributed by atoms with Gasteiger partial charge in [0.1, 0.15) is 4.99 Å². The van der Waals surface area contributed by atoms with Crippen molar-refractivity contribution in [3.05, 3.63) is 65.2 Å². The maximum absolute atomic E-state index is 12.2. The van der Waals surface area contributed by atoms with Gasteiger partial charge in [-0.1, -0.05) is 43.4 Å². The molecular weight excluding hydrogens is 268 g/mol. The Morgan fingerprint density at radius 2 is 1.80 bits per heavy atom. The maximum Gasteiger partial charge on any atom is 0.255 e. The van der Waals surface area contributed by atoms with Crippen LogP contribution in [0.2, 0.25) is 0 Å². The molecule has 0 aliphatic rings. The third kappa shape index (κ3) is 3.22. The Kier molecular flexibility index (Phi) is 4.48. The summed E-state index contributed by atoms with van der Waals surface area (Å²) in [5, 5.41) is 2.84. The SMILES string of the molecule is CCc1ccc(C(=O)Nc2ccccc2C(N)=S)cc1. The summed E-state index contributed by atoms with van der Waals surface area (Å²) in [6.45, 7) is 2.08. The number of aryl methyl sites for hydroxylation is 1. The highest BCUT2D eigenvalue weighted by Gasteiger charge is 2.09. The summed E-state index contributed by atoms with van der Waals surface area (Å²) < 4.78 is 0. The predicted molar refractivity (Wildman–Crippen MR) is 86.1 cm³/mol. The van der Waals surface area contributed by atoms with Crippen LogP contribution >= 0.6 is 12.2 Å². The van der Waals surface area contributed by atoms with Crippen molar-refractivity contribution in [2.45, 2.75) is 13.3 Å². The molecule has 0 aliphatic carbocycles. The third-order valence-electron chi connectivity index (χ3n) is 3.07. The molecule has 4 heteroatoms. The molecule has 0 spiro atoms. The zero-order chi connectivity index (χ0) is 14.5. The lowest BCUT2D eigenvalue weighted by atomic mass is 10.1. The van der Waals surface area contributed by atoms with Crippen molar-refractivity contribution >= 4 is 28.8 Å². The minimum atomic E-state index is -0.170. The molecule has 0 atom stereocenters. The molecule has 1 amide bonds. The second kappa shape index (κ2) is 6.30. The molecule has 0 aromatic heterocycles. The minimum Gasteiger partial charge on any atom is -0.389 e. The second-order valence-corrected chi connectivity index (χ2v) is 4.85. The molecule has 0 saturated heterocycles.